The Morgan fingerprint density at radius 1 is 1.03 bits per heavy atom. The predicted molar refractivity (Wildman–Crippen MR) is 142 cm³/mol. The molecule has 0 bridgehead atoms. The molecule has 0 radical (unpaired) electrons. The fourth-order valence-electron chi connectivity index (χ4n) is 10.9. The number of ketones is 1. The van der Waals surface area contributed by atoms with Crippen molar-refractivity contribution in [1.29, 1.82) is 0 Å². The minimum absolute atomic E-state index is 0.0583. The van der Waals surface area contributed by atoms with Crippen molar-refractivity contribution in [3.8, 4) is 0 Å². The summed E-state index contributed by atoms with van der Waals surface area (Å²) < 4.78 is 11.2. The van der Waals surface area contributed by atoms with Crippen LogP contribution >= 0.6 is 0 Å². The van der Waals surface area contributed by atoms with E-state index in [1.807, 2.05) is 12.3 Å². The Hall–Kier alpha value is -1.91. The quantitative estimate of drug-likeness (QED) is 0.389. The molecule has 37 heavy (non-hydrogen) atoms. The minimum atomic E-state index is -0.496. The topological polar surface area (TPSA) is 69.4 Å². The van der Waals surface area contributed by atoms with Crippen molar-refractivity contribution < 1.29 is 18.8 Å². The van der Waals surface area contributed by atoms with E-state index in [0.717, 1.165) is 57.1 Å². The molecule has 1 aromatic rings. The van der Waals surface area contributed by atoms with Crippen LogP contribution in [0, 0.1) is 44.8 Å². The number of ether oxygens (including phenoxy) is 1. The van der Waals surface area contributed by atoms with Crippen LogP contribution in [0.25, 0.3) is 0 Å². The summed E-state index contributed by atoms with van der Waals surface area (Å²) in [6, 6.07) is 0. The molecule has 0 amide bonds. The number of rotatable bonds is 1. The van der Waals surface area contributed by atoms with E-state index in [2.05, 4.69) is 53.6 Å². The van der Waals surface area contributed by atoms with Gasteiger partial charge in [-0.1, -0.05) is 59.2 Å². The zero-order valence-electron chi connectivity index (χ0n) is 24.1. The molecule has 7 atom stereocenters. The first-order valence-corrected chi connectivity index (χ1v) is 14.4. The highest BCUT2D eigenvalue weighted by molar-refractivity contribution is 5.96. The van der Waals surface area contributed by atoms with Gasteiger partial charge in [0, 0.05) is 16.9 Å². The third kappa shape index (κ3) is 2.95. The molecule has 1 heterocycles. The monoisotopic (exact) mass is 507 g/mol. The van der Waals surface area contributed by atoms with Crippen molar-refractivity contribution in [2.75, 3.05) is 7.11 Å². The summed E-state index contributed by atoms with van der Waals surface area (Å²) >= 11 is 0. The van der Waals surface area contributed by atoms with Crippen LogP contribution in [0.4, 0.5) is 0 Å². The van der Waals surface area contributed by atoms with Crippen LogP contribution in [0.5, 0.6) is 0 Å². The molecule has 0 aliphatic heterocycles. The molecule has 202 valence electrons. The van der Waals surface area contributed by atoms with Gasteiger partial charge in [0.2, 0.25) is 0 Å². The van der Waals surface area contributed by atoms with Gasteiger partial charge in [-0.2, -0.15) is 0 Å². The Balaban J connectivity index is 1.51. The van der Waals surface area contributed by atoms with E-state index < -0.39 is 5.41 Å². The SMILES string of the molecule is COC(=O)[C@]12CCC(C)(C)C[C@H]1C1=CC(=O)[C@@H]3[C@@]4(C)Cc5cnoc5C(C)(C)[C@@H]4CC[C@@]3(C)[C@]1(C)CC2. The standard InChI is InChI=1S/C32H45NO4/c1-27(2)11-13-32(26(35)36-8)14-12-30(6)20(21(32)17-27)15-22(34)24-29(5)16-19-18-33-37-25(19)28(3,4)23(29)9-10-31(24,30)7/h15,18,21,23-24H,9-14,16-17H2,1-8H3/t21-,23-,24+,29-,30+,31+,32-/m0/s1. The van der Waals surface area contributed by atoms with E-state index in [-0.39, 0.29) is 50.7 Å². The predicted octanol–water partition coefficient (Wildman–Crippen LogP) is 6.84. The van der Waals surface area contributed by atoms with Crippen molar-refractivity contribution >= 4 is 11.8 Å². The van der Waals surface area contributed by atoms with Crippen molar-refractivity contribution in [2.45, 2.75) is 105 Å². The highest BCUT2D eigenvalue weighted by Gasteiger charge is 2.71. The van der Waals surface area contributed by atoms with Gasteiger partial charge in [-0.25, -0.2) is 0 Å². The second-order valence-corrected chi connectivity index (χ2v) is 15.4. The van der Waals surface area contributed by atoms with Crippen LogP contribution in [-0.2, 0) is 26.2 Å². The minimum Gasteiger partial charge on any atom is -0.469 e. The van der Waals surface area contributed by atoms with Crippen LogP contribution in [-0.4, -0.2) is 24.0 Å². The van der Waals surface area contributed by atoms with Gasteiger partial charge in [0.25, 0.3) is 0 Å². The molecule has 5 nitrogen and oxygen atoms in total. The molecule has 1 aromatic heterocycles. The maximum absolute atomic E-state index is 14.5. The third-order valence-electron chi connectivity index (χ3n) is 12.9. The first-order valence-electron chi connectivity index (χ1n) is 14.4. The fourth-order valence-corrected chi connectivity index (χ4v) is 10.9. The Morgan fingerprint density at radius 3 is 2.43 bits per heavy atom. The highest BCUT2D eigenvalue weighted by Crippen LogP contribution is 2.74. The van der Waals surface area contributed by atoms with Crippen molar-refractivity contribution in [3.05, 3.63) is 29.2 Å². The van der Waals surface area contributed by atoms with Gasteiger partial charge in [-0.15, -0.1) is 0 Å². The number of hydrogen-bond acceptors (Lipinski definition) is 5. The van der Waals surface area contributed by atoms with Crippen LogP contribution in [0.3, 0.4) is 0 Å². The number of fused-ring (bicyclic) bond motifs is 8. The zero-order valence-corrected chi connectivity index (χ0v) is 24.1. The van der Waals surface area contributed by atoms with E-state index >= 15 is 0 Å². The van der Waals surface area contributed by atoms with Gasteiger partial charge in [0.05, 0.1) is 18.7 Å². The Labute approximate surface area is 222 Å². The number of hydrogen-bond donors (Lipinski definition) is 0. The lowest BCUT2D eigenvalue weighted by molar-refractivity contribution is -0.183. The smallest absolute Gasteiger partial charge is 0.312 e. The second-order valence-electron chi connectivity index (χ2n) is 15.4. The average Bonchev–Trinajstić information content (AvgIpc) is 3.28. The van der Waals surface area contributed by atoms with Gasteiger partial charge in [0.1, 0.15) is 5.76 Å². The Morgan fingerprint density at radius 2 is 1.73 bits per heavy atom. The average molecular weight is 508 g/mol. The van der Waals surface area contributed by atoms with E-state index in [4.69, 9.17) is 9.26 Å². The van der Waals surface area contributed by atoms with Gasteiger partial charge in [0.15, 0.2) is 5.78 Å². The van der Waals surface area contributed by atoms with Crippen LogP contribution < -0.4 is 0 Å². The van der Waals surface area contributed by atoms with Gasteiger partial charge < -0.3 is 9.26 Å². The lowest BCUT2D eigenvalue weighted by atomic mass is 9.33. The third-order valence-corrected chi connectivity index (χ3v) is 12.9. The van der Waals surface area contributed by atoms with Crippen molar-refractivity contribution in [3.63, 3.8) is 0 Å². The molecule has 0 spiro atoms. The van der Waals surface area contributed by atoms with Crippen LogP contribution in [0.1, 0.15) is 105 Å². The molecule has 3 saturated carbocycles. The molecule has 0 unspecified atom stereocenters. The molecule has 3 fully saturated rings. The van der Waals surface area contributed by atoms with Crippen LogP contribution in [0.15, 0.2) is 22.4 Å². The van der Waals surface area contributed by atoms with E-state index in [9.17, 15) is 9.59 Å². The normalized spacial score (nSPS) is 45.4. The van der Waals surface area contributed by atoms with Gasteiger partial charge in [-0.3, -0.25) is 9.59 Å². The molecule has 0 N–H and O–H groups in total. The summed E-state index contributed by atoms with van der Waals surface area (Å²) in [4.78, 5) is 27.9. The Bertz CT molecular complexity index is 1210. The number of esters is 1. The number of allylic oxidation sites excluding steroid dienone is 2. The summed E-state index contributed by atoms with van der Waals surface area (Å²) in [5, 5.41) is 4.18. The lowest BCUT2D eigenvalue weighted by Crippen LogP contribution is -2.66. The molecule has 6 rings (SSSR count). The number of methoxy groups -OCH3 is 1. The van der Waals surface area contributed by atoms with Gasteiger partial charge in [-0.05, 0) is 90.9 Å². The molecule has 5 aliphatic carbocycles. The Kier molecular flexibility index (Phi) is 5.06. The summed E-state index contributed by atoms with van der Waals surface area (Å²) in [5.74, 6) is 1.59. The first kappa shape index (κ1) is 25.4. The van der Waals surface area contributed by atoms with Crippen LogP contribution in [0.2, 0.25) is 0 Å². The number of carbonyl (C=O) groups excluding carboxylic acids is 2. The number of carbonyl (C=O) groups is 2. The first-order chi connectivity index (χ1) is 17.2. The number of nitrogens with zero attached hydrogens (tertiary/aromatic N) is 1. The maximum Gasteiger partial charge on any atom is 0.312 e. The summed E-state index contributed by atoms with van der Waals surface area (Å²) in [7, 11) is 1.53. The second kappa shape index (κ2) is 7.39. The zero-order chi connectivity index (χ0) is 26.8. The number of aromatic nitrogens is 1. The molecule has 5 aliphatic rings. The highest BCUT2D eigenvalue weighted by atomic mass is 16.5. The fraction of sp³-hybridized carbons (Fsp3) is 0.781. The summed E-state index contributed by atoms with van der Waals surface area (Å²) in [6.07, 6.45) is 11.5. The lowest BCUT2D eigenvalue weighted by Gasteiger charge is -2.69. The summed E-state index contributed by atoms with van der Waals surface area (Å²) in [5.41, 5.74) is 1.47. The molecule has 5 heteroatoms. The largest absolute Gasteiger partial charge is 0.469 e. The molecule has 0 aromatic carbocycles. The maximum atomic E-state index is 14.5. The molecular formula is C32H45NO4. The van der Waals surface area contributed by atoms with Gasteiger partial charge >= 0.3 is 5.97 Å². The van der Waals surface area contributed by atoms with Crippen molar-refractivity contribution in [1.82, 2.24) is 5.16 Å². The summed E-state index contributed by atoms with van der Waals surface area (Å²) in [6.45, 7) is 16.4. The molecule has 0 saturated heterocycles. The van der Waals surface area contributed by atoms with E-state index in [1.165, 1.54) is 18.2 Å². The van der Waals surface area contributed by atoms with Crippen molar-refractivity contribution in [2.24, 2.45) is 44.8 Å². The molecular weight excluding hydrogens is 462 g/mol. The van der Waals surface area contributed by atoms with E-state index in [1.54, 1.807) is 0 Å². The van der Waals surface area contributed by atoms with E-state index in [0.29, 0.717) is 5.92 Å².